The van der Waals surface area contributed by atoms with Crippen LogP contribution in [-0.4, -0.2) is 48.5 Å². The molecule has 0 fully saturated rings. The normalized spacial score (nSPS) is 10.7. The third kappa shape index (κ3) is 9.87. The molecule has 6 nitrogen and oxygen atoms in total. The lowest BCUT2D eigenvalue weighted by molar-refractivity contribution is -0.135. The van der Waals surface area contributed by atoms with Crippen molar-refractivity contribution in [3.63, 3.8) is 0 Å². The van der Waals surface area contributed by atoms with Gasteiger partial charge in [0.1, 0.15) is 0 Å². The minimum atomic E-state index is -0.201. The predicted octanol–water partition coefficient (Wildman–Crippen LogP) is 4.01. The number of aryl methyl sites for hydroxylation is 1. The number of amides is 2. The summed E-state index contributed by atoms with van der Waals surface area (Å²) >= 11 is 1.39. The molecule has 1 heterocycles. The maximum Gasteiger partial charge on any atom is 0.245 e. The average Bonchev–Trinajstić information content (AvgIpc) is 3.01. The maximum absolute atomic E-state index is 12.5. The molecule has 0 spiro atoms. The number of nitrogens with one attached hydrogen (secondary N) is 1. The zero-order chi connectivity index (χ0) is 19.2. The van der Waals surface area contributed by atoms with Crippen molar-refractivity contribution in [3.8, 4) is 0 Å². The van der Waals surface area contributed by atoms with Crippen molar-refractivity contribution < 1.29 is 14.3 Å². The summed E-state index contributed by atoms with van der Waals surface area (Å²) in [4.78, 5) is 30.6. The van der Waals surface area contributed by atoms with E-state index in [9.17, 15) is 9.59 Å². The fourth-order valence-corrected chi connectivity index (χ4v) is 3.35. The number of rotatable bonds is 14. The van der Waals surface area contributed by atoms with Crippen LogP contribution in [0.4, 0.5) is 5.13 Å². The highest BCUT2D eigenvalue weighted by molar-refractivity contribution is 7.13. The first-order valence-electron chi connectivity index (χ1n) is 9.55. The fourth-order valence-electron chi connectivity index (χ4n) is 2.65. The van der Waals surface area contributed by atoms with Gasteiger partial charge >= 0.3 is 0 Å². The van der Waals surface area contributed by atoms with Crippen LogP contribution in [0.5, 0.6) is 0 Å². The summed E-state index contributed by atoms with van der Waals surface area (Å²) in [6.07, 6.45) is 8.07. The number of methoxy groups -OCH3 is 1. The number of carbonyl (C=O) groups is 2. The zero-order valence-electron chi connectivity index (χ0n) is 16.4. The lowest BCUT2D eigenvalue weighted by atomic mass is 10.1. The van der Waals surface area contributed by atoms with Gasteiger partial charge in [-0.25, -0.2) is 4.98 Å². The molecule has 7 heteroatoms. The highest BCUT2D eigenvalue weighted by Crippen LogP contribution is 2.14. The predicted molar refractivity (Wildman–Crippen MR) is 107 cm³/mol. The number of thiazole rings is 1. The first-order chi connectivity index (χ1) is 12.6. The fraction of sp³-hybridized carbons (Fsp3) is 0.737. The Morgan fingerprint density at radius 1 is 1.19 bits per heavy atom. The molecule has 0 aromatic carbocycles. The molecule has 2 amide bonds. The number of unbranched alkanes of at least 4 members (excludes halogenated alkanes) is 5. The van der Waals surface area contributed by atoms with Gasteiger partial charge in [0, 0.05) is 32.1 Å². The van der Waals surface area contributed by atoms with Crippen LogP contribution in [0.2, 0.25) is 0 Å². The minimum absolute atomic E-state index is 0.0436. The van der Waals surface area contributed by atoms with Gasteiger partial charge in [-0.1, -0.05) is 39.0 Å². The Bertz CT molecular complexity index is 534. The second-order valence-corrected chi connectivity index (χ2v) is 7.38. The molecule has 0 saturated heterocycles. The quantitative estimate of drug-likeness (QED) is 0.493. The van der Waals surface area contributed by atoms with E-state index in [1.54, 1.807) is 12.0 Å². The van der Waals surface area contributed by atoms with Crippen molar-refractivity contribution in [2.75, 3.05) is 32.1 Å². The number of aromatic nitrogens is 1. The second-order valence-electron chi connectivity index (χ2n) is 6.52. The molecular formula is C19H33N3O3S. The van der Waals surface area contributed by atoms with Crippen molar-refractivity contribution in [1.82, 2.24) is 9.88 Å². The summed E-state index contributed by atoms with van der Waals surface area (Å²) in [7, 11) is 1.64. The molecular weight excluding hydrogens is 350 g/mol. The third-order valence-corrected chi connectivity index (χ3v) is 4.95. The lowest BCUT2D eigenvalue weighted by Crippen LogP contribution is -2.39. The van der Waals surface area contributed by atoms with E-state index in [4.69, 9.17) is 4.74 Å². The molecule has 1 N–H and O–H groups in total. The van der Waals surface area contributed by atoms with E-state index in [2.05, 4.69) is 17.2 Å². The van der Waals surface area contributed by atoms with E-state index in [1.165, 1.54) is 37.0 Å². The molecule has 1 aromatic heterocycles. The monoisotopic (exact) mass is 383 g/mol. The number of anilines is 1. The standard InChI is InChI=1S/C19H33N3O3S/c1-4-5-6-7-8-9-11-18(24)22(12-10-13-25-3)14-17(23)21-19-20-16(2)15-26-19/h15H,4-14H2,1-3H3,(H,20,21,23). The summed E-state index contributed by atoms with van der Waals surface area (Å²) in [6.45, 7) is 5.25. The van der Waals surface area contributed by atoms with Crippen LogP contribution in [0.3, 0.4) is 0 Å². The van der Waals surface area contributed by atoms with Crippen LogP contribution in [0.1, 0.15) is 64.0 Å². The number of carbonyl (C=O) groups excluding carboxylic acids is 2. The summed E-state index contributed by atoms with van der Waals surface area (Å²) in [5.74, 6) is -0.157. The van der Waals surface area contributed by atoms with Crippen LogP contribution < -0.4 is 5.32 Å². The highest BCUT2D eigenvalue weighted by atomic mass is 32.1. The minimum Gasteiger partial charge on any atom is -0.385 e. The smallest absolute Gasteiger partial charge is 0.245 e. The van der Waals surface area contributed by atoms with Crippen molar-refractivity contribution in [2.45, 2.75) is 65.2 Å². The number of nitrogens with zero attached hydrogens (tertiary/aromatic N) is 2. The third-order valence-electron chi connectivity index (χ3n) is 4.07. The number of hydrogen-bond acceptors (Lipinski definition) is 5. The maximum atomic E-state index is 12.5. The SMILES string of the molecule is CCCCCCCCC(=O)N(CCCOC)CC(=O)Nc1nc(C)cs1. The first kappa shape index (κ1) is 22.6. The van der Waals surface area contributed by atoms with Gasteiger partial charge in [-0.2, -0.15) is 0 Å². The second kappa shape index (κ2) is 13.7. The Hall–Kier alpha value is -1.47. The van der Waals surface area contributed by atoms with Crippen molar-refractivity contribution in [1.29, 1.82) is 0 Å². The van der Waals surface area contributed by atoms with Gasteiger partial charge in [0.2, 0.25) is 11.8 Å². The van der Waals surface area contributed by atoms with E-state index in [0.717, 1.165) is 25.0 Å². The van der Waals surface area contributed by atoms with E-state index >= 15 is 0 Å². The van der Waals surface area contributed by atoms with Crippen LogP contribution in [-0.2, 0) is 14.3 Å². The summed E-state index contributed by atoms with van der Waals surface area (Å²) in [5.41, 5.74) is 0.876. The summed E-state index contributed by atoms with van der Waals surface area (Å²) in [5, 5.41) is 5.23. The van der Waals surface area contributed by atoms with Crippen LogP contribution >= 0.6 is 11.3 Å². The first-order valence-corrected chi connectivity index (χ1v) is 10.4. The molecule has 0 saturated carbocycles. The van der Waals surface area contributed by atoms with Crippen LogP contribution in [0.25, 0.3) is 0 Å². The molecule has 1 aromatic rings. The lowest BCUT2D eigenvalue weighted by Gasteiger charge is -2.22. The molecule has 0 radical (unpaired) electrons. The van der Waals surface area contributed by atoms with E-state index in [-0.39, 0.29) is 18.4 Å². The molecule has 0 aliphatic carbocycles. The Morgan fingerprint density at radius 2 is 1.92 bits per heavy atom. The number of ether oxygens (including phenoxy) is 1. The van der Waals surface area contributed by atoms with Gasteiger partial charge in [-0.05, 0) is 19.8 Å². The molecule has 148 valence electrons. The van der Waals surface area contributed by atoms with E-state index < -0.39 is 0 Å². The zero-order valence-corrected chi connectivity index (χ0v) is 17.2. The van der Waals surface area contributed by atoms with Crippen molar-refractivity contribution in [2.24, 2.45) is 0 Å². The van der Waals surface area contributed by atoms with E-state index in [0.29, 0.717) is 24.7 Å². The van der Waals surface area contributed by atoms with Crippen LogP contribution in [0.15, 0.2) is 5.38 Å². The van der Waals surface area contributed by atoms with Gasteiger partial charge in [0.25, 0.3) is 0 Å². The Balaban J connectivity index is 2.43. The van der Waals surface area contributed by atoms with Gasteiger partial charge in [-0.15, -0.1) is 11.3 Å². The molecule has 0 bridgehead atoms. The summed E-state index contributed by atoms with van der Waals surface area (Å²) < 4.78 is 5.06. The molecule has 1 rings (SSSR count). The molecule has 0 aliphatic heterocycles. The Labute approximate surface area is 161 Å². The van der Waals surface area contributed by atoms with Gasteiger partial charge in [0.05, 0.1) is 12.2 Å². The molecule has 0 unspecified atom stereocenters. The largest absolute Gasteiger partial charge is 0.385 e. The summed E-state index contributed by atoms with van der Waals surface area (Å²) in [6, 6.07) is 0. The van der Waals surface area contributed by atoms with Crippen molar-refractivity contribution in [3.05, 3.63) is 11.1 Å². The van der Waals surface area contributed by atoms with Gasteiger partial charge in [-0.3, -0.25) is 9.59 Å². The van der Waals surface area contributed by atoms with Gasteiger partial charge < -0.3 is 15.0 Å². The molecule has 0 aliphatic rings. The van der Waals surface area contributed by atoms with E-state index in [1.807, 2.05) is 12.3 Å². The van der Waals surface area contributed by atoms with Crippen molar-refractivity contribution >= 4 is 28.3 Å². The van der Waals surface area contributed by atoms with Crippen LogP contribution in [0, 0.1) is 6.92 Å². The number of hydrogen-bond donors (Lipinski definition) is 1. The topological polar surface area (TPSA) is 71.5 Å². The Kier molecular flexibility index (Phi) is 11.9. The molecule has 26 heavy (non-hydrogen) atoms. The average molecular weight is 384 g/mol. The Morgan fingerprint density at radius 3 is 2.58 bits per heavy atom. The molecule has 0 atom stereocenters. The van der Waals surface area contributed by atoms with Gasteiger partial charge in [0.15, 0.2) is 5.13 Å². The highest BCUT2D eigenvalue weighted by Gasteiger charge is 2.17.